The highest BCUT2D eigenvalue weighted by Gasteiger charge is 2.27. The van der Waals surface area contributed by atoms with Gasteiger partial charge in [0, 0.05) is 49.4 Å². The number of fused-ring (bicyclic) bond motifs is 1. The number of H-pyrrole nitrogens is 1. The molecule has 1 aliphatic heterocycles. The SMILES string of the molecule is O=C(c1ccc2nc(C=C(O)c3ccc(C4CCCCC4)cc3)c(=O)[nH]c2c1)N1CCN(C2CCCCC2)CC1. The summed E-state index contributed by atoms with van der Waals surface area (Å²) in [7, 11) is 0. The van der Waals surface area contributed by atoms with Crippen molar-refractivity contribution in [3.63, 3.8) is 0 Å². The molecular formula is C33H40N4O3. The number of nitrogens with one attached hydrogen (secondary N) is 1. The Morgan fingerprint density at radius 2 is 1.50 bits per heavy atom. The summed E-state index contributed by atoms with van der Waals surface area (Å²) < 4.78 is 0. The first-order valence-corrected chi connectivity index (χ1v) is 15.1. The predicted octanol–water partition coefficient (Wildman–Crippen LogP) is 6.12. The monoisotopic (exact) mass is 540 g/mol. The maximum absolute atomic E-state index is 13.3. The van der Waals surface area contributed by atoms with Crippen molar-refractivity contribution in [3.05, 3.63) is 75.2 Å². The zero-order valence-corrected chi connectivity index (χ0v) is 23.3. The van der Waals surface area contributed by atoms with E-state index in [1.165, 1.54) is 75.8 Å². The van der Waals surface area contributed by atoms with Gasteiger partial charge in [0.05, 0.1) is 11.0 Å². The fraction of sp³-hybridized carbons (Fsp3) is 0.485. The van der Waals surface area contributed by atoms with E-state index in [0.717, 1.165) is 26.2 Å². The maximum Gasteiger partial charge on any atom is 0.274 e. The van der Waals surface area contributed by atoms with E-state index >= 15 is 0 Å². The molecule has 6 rings (SSSR count). The summed E-state index contributed by atoms with van der Waals surface area (Å²) in [5.74, 6) is 0.595. The molecule has 2 N–H and O–H groups in total. The van der Waals surface area contributed by atoms with Crippen molar-refractivity contribution in [2.45, 2.75) is 76.2 Å². The molecule has 0 unspecified atom stereocenters. The molecule has 210 valence electrons. The molecule has 2 heterocycles. The maximum atomic E-state index is 13.3. The van der Waals surface area contributed by atoms with Crippen molar-refractivity contribution < 1.29 is 9.90 Å². The lowest BCUT2D eigenvalue weighted by atomic mass is 9.84. The summed E-state index contributed by atoms with van der Waals surface area (Å²) in [6.07, 6.45) is 14.3. The van der Waals surface area contributed by atoms with Gasteiger partial charge in [0.25, 0.3) is 11.5 Å². The van der Waals surface area contributed by atoms with Crippen molar-refractivity contribution in [3.8, 4) is 0 Å². The molecule has 1 amide bonds. The van der Waals surface area contributed by atoms with Crippen LogP contribution in [0, 0.1) is 0 Å². The topological polar surface area (TPSA) is 89.5 Å². The average Bonchev–Trinajstić information content (AvgIpc) is 3.02. The number of nitrogens with zero attached hydrogens (tertiary/aromatic N) is 3. The Kier molecular flexibility index (Phi) is 8.00. The number of aromatic amines is 1. The summed E-state index contributed by atoms with van der Waals surface area (Å²) in [5.41, 5.74) is 3.36. The molecule has 3 aromatic rings. The second-order valence-corrected chi connectivity index (χ2v) is 11.8. The molecule has 1 saturated heterocycles. The van der Waals surface area contributed by atoms with E-state index in [1.807, 2.05) is 17.0 Å². The first-order chi connectivity index (χ1) is 19.5. The van der Waals surface area contributed by atoms with E-state index in [4.69, 9.17) is 0 Å². The Balaban J connectivity index is 1.14. The molecule has 7 heteroatoms. The largest absolute Gasteiger partial charge is 0.507 e. The van der Waals surface area contributed by atoms with Gasteiger partial charge in [-0.15, -0.1) is 0 Å². The molecule has 2 aliphatic carbocycles. The van der Waals surface area contributed by atoms with Crippen molar-refractivity contribution >= 4 is 28.8 Å². The molecule has 2 saturated carbocycles. The molecule has 3 aliphatic rings. The predicted molar refractivity (Wildman–Crippen MR) is 159 cm³/mol. The lowest BCUT2D eigenvalue weighted by molar-refractivity contribution is 0.0523. The smallest absolute Gasteiger partial charge is 0.274 e. The van der Waals surface area contributed by atoms with Crippen LogP contribution in [0.2, 0.25) is 0 Å². The van der Waals surface area contributed by atoms with E-state index in [1.54, 1.807) is 18.2 Å². The molecule has 1 aromatic heterocycles. The van der Waals surface area contributed by atoms with Crippen molar-refractivity contribution in [1.82, 2.24) is 19.8 Å². The van der Waals surface area contributed by atoms with Gasteiger partial charge in [-0.2, -0.15) is 0 Å². The Morgan fingerprint density at radius 3 is 2.20 bits per heavy atom. The van der Waals surface area contributed by atoms with Crippen LogP contribution in [-0.4, -0.2) is 63.0 Å². The summed E-state index contributed by atoms with van der Waals surface area (Å²) in [6, 6.07) is 13.9. The van der Waals surface area contributed by atoms with Crippen LogP contribution in [0.3, 0.4) is 0 Å². The molecule has 2 aromatic carbocycles. The fourth-order valence-corrected chi connectivity index (χ4v) is 6.83. The van der Waals surface area contributed by atoms with Crippen LogP contribution in [0.1, 0.15) is 97.3 Å². The Hall–Kier alpha value is -3.45. The molecular weight excluding hydrogens is 500 g/mol. The second-order valence-electron chi connectivity index (χ2n) is 11.8. The van der Waals surface area contributed by atoms with Crippen LogP contribution in [0.25, 0.3) is 22.9 Å². The Morgan fingerprint density at radius 1 is 0.850 bits per heavy atom. The molecule has 0 radical (unpaired) electrons. The van der Waals surface area contributed by atoms with E-state index in [-0.39, 0.29) is 17.4 Å². The normalized spacial score (nSPS) is 20.2. The average molecular weight is 541 g/mol. The lowest BCUT2D eigenvalue weighted by Crippen LogP contribution is -2.52. The van der Waals surface area contributed by atoms with Gasteiger partial charge in [0.2, 0.25) is 0 Å². The lowest BCUT2D eigenvalue weighted by Gasteiger charge is -2.40. The minimum atomic E-state index is -0.399. The zero-order chi connectivity index (χ0) is 27.5. The number of benzene rings is 2. The van der Waals surface area contributed by atoms with Crippen molar-refractivity contribution in [1.29, 1.82) is 0 Å². The van der Waals surface area contributed by atoms with E-state index in [0.29, 0.717) is 34.1 Å². The number of hydrogen-bond donors (Lipinski definition) is 2. The fourth-order valence-electron chi connectivity index (χ4n) is 6.83. The number of amides is 1. The van der Waals surface area contributed by atoms with Crippen LogP contribution < -0.4 is 5.56 Å². The summed E-state index contributed by atoms with van der Waals surface area (Å²) in [6.45, 7) is 3.30. The third kappa shape index (κ3) is 5.85. The van der Waals surface area contributed by atoms with Gasteiger partial charge >= 0.3 is 0 Å². The van der Waals surface area contributed by atoms with Crippen molar-refractivity contribution in [2.24, 2.45) is 0 Å². The standard InChI is InChI=1S/C33H40N4O3/c38-31(25-13-11-24(12-14-25)23-7-3-1-4-8-23)22-30-32(39)35-29-21-26(15-16-28(29)34-30)33(40)37-19-17-36(18-20-37)27-9-5-2-6-10-27/h11-16,21-23,27,38H,1-10,17-20H2,(H,35,39). The molecule has 0 bridgehead atoms. The number of piperazine rings is 1. The third-order valence-corrected chi connectivity index (χ3v) is 9.21. The molecule has 7 nitrogen and oxygen atoms in total. The second kappa shape index (κ2) is 12.0. The minimum Gasteiger partial charge on any atom is -0.507 e. The Bertz CT molecular complexity index is 1420. The zero-order valence-electron chi connectivity index (χ0n) is 23.3. The number of aliphatic hydroxyl groups excluding tert-OH is 1. The number of carbonyl (C=O) groups excluding carboxylic acids is 1. The number of aliphatic hydroxyl groups is 1. The molecule has 0 spiro atoms. The molecule has 40 heavy (non-hydrogen) atoms. The van der Waals surface area contributed by atoms with Gasteiger partial charge in [0.15, 0.2) is 0 Å². The number of rotatable bonds is 5. The highest BCUT2D eigenvalue weighted by atomic mass is 16.3. The summed E-state index contributed by atoms with van der Waals surface area (Å²) in [4.78, 5) is 37.9. The minimum absolute atomic E-state index is 0.00621. The van der Waals surface area contributed by atoms with Crippen LogP contribution >= 0.6 is 0 Å². The first-order valence-electron chi connectivity index (χ1n) is 15.1. The Labute approximate surface area is 235 Å². The molecule has 3 fully saturated rings. The third-order valence-electron chi connectivity index (χ3n) is 9.21. The quantitative estimate of drug-likeness (QED) is 0.381. The highest BCUT2D eigenvalue weighted by molar-refractivity contribution is 5.97. The number of aromatic nitrogens is 2. The van der Waals surface area contributed by atoms with Crippen LogP contribution in [0.5, 0.6) is 0 Å². The van der Waals surface area contributed by atoms with Gasteiger partial charge in [0.1, 0.15) is 11.5 Å². The van der Waals surface area contributed by atoms with Crippen LogP contribution in [-0.2, 0) is 0 Å². The van der Waals surface area contributed by atoms with Gasteiger partial charge in [-0.1, -0.05) is 62.8 Å². The van der Waals surface area contributed by atoms with Crippen LogP contribution in [0.4, 0.5) is 0 Å². The number of carbonyl (C=O) groups is 1. The van der Waals surface area contributed by atoms with Gasteiger partial charge in [-0.3, -0.25) is 14.5 Å². The van der Waals surface area contributed by atoms with Gasteiger partial charge in [-0.25, -0.2) is 4.98 Å². The summed E-state index contributed by atoms with van der Waals surface area (Å²) >= 11 is 0. The van der Waals surface area contributed by atoms with Gasteiger partial charge in [-0.05, 0) is 55.4 Å². The first kappa shape index (κ1) is 26.8. The highest BCUT2D eigenvalue weighted by Crippen LogP contribution is 2.33. The van der Waals surface area contributed by atoms with E-state index in [9.17, 15) is 14.7 Å². The van der Waals surface area contributed by atoms with Crippen molar-refractivity contribution in [2.75, 3.05) is 26.2 Å². The van der Waals surface area contributed by atoms with E-state index in [2.05, 4.69) is 27.0 Å². The van der Waals surface area contributed by atoms with E-state index < -0.39 is 5.56 Å². The van der Waals surface area contributed by atoms with Crippen LogP contribution in [0.15, 0.2) is 47.3 Å². The summed E-state index contributed by atoms with van der Waals surface area (Å²) in [5, 5.41) is 10.7. The molecule has 0 atom stereocenters. The number of hydrogen-bond acceptors (Lipinski definition) is 5. The van der Waals surface area contributed by atoms with Gasteiger partial charge < -0.3 is 15.0 Å².